The van der Waals surface area contributed by atoms with E-state index in [1.54, 1.807) is 18.0 Å². The van der Waals surface area contributed by atoms with Gasteiger partial charge < -0.3 is 10.2 Å². The summed E-state index contributed by atoms with van der Waals surface area (Å²) in [6, 6.07) is 5.50. The second-order valence-corrected chi connectivity index (χ2v) is 5.41. The van der Waals surface area contributed by atoms with Gasteiger partial charge in [-0.3, -0.25) is 9.59 Å². The highest BCUT2D eigenvalue weighted by molar-refractivity contribution is 9.09. The van der Waals surface area contributed by atoms with E-state index in [1.807, 2.05) is 19.1 Å². The Bertz CT molecular complexity index is 516. The number of benzene rings is 1. The zero-order valence-corrected chi connectivity index (χ0v) is 12.7. The fourth-order valence-electron chi connectivity index (χ4n) is 2.41. The van der Waals surface area contributed by atoms with Gasteiger partial charge in [0.15, 0.2) is 0 Å². The molecule has 2 rings (SSSR count). The van der Waals surface area contributed by atoms with Crippen LogP contribution in [0, 0.1) is 12.8 Å². The molecule has 1 N–H and O–H groups in total. The van der Waals surface area contributed by atoms with Crippen molar-refractivity contribution in [3.8, 4) is 0 Å². The Kier molecular flexibility index (Phi) is 4.24. The second kappa shape index (κ2) is 5.74. The van der Waals surface area contributed by atoms with Crippen molar-refractivity contribution in [1.82, 2.24) is 5.32 Å². The number of nitrogens with zero attached hydrogens (tertiary/aromatic N) is 1. The average molecular weight is 325 g/mol. The lowest BCUT2D eigenvalue weighted by molar-refractivity contribution is -0.117. The molecule has 0 spiro atoms. The van der Waals surface area contributed by atoms with Gasteiger partial charge in [-0.05, 0) is 30.5 Å². The number of alkyl halides is 1. The summed E-state index contributed by atoms with van der Waals surface area (Å²) in [6.45, 7) is 2.59. The van der Waals surface area contributed by atoms with Crippen LogP contribution in [0.25, 0.3) is 0 Å². The summed E-state index contributed by atoms with van der Waals surface area (Å²) in [7, 11) is 1.61. The molecule has 5 heteroatoms. The molecule has 102 valence electrons. The van der Waals surface area contributed by atoms with Crippen molar-refractivity contribution in [3.05, 3.63) is 29.3 Å². The molecule has 1 aliphatic rings. The van der Waals surface area contributed by atoms with Gasteiger partial charge in [-0.2, -0.15) is 0 Å². The van der Waals surface area contributed by atoms with Crippen LogP contribution >= 0.6 is 15.9 Å². The predicted octanol–water partition coefficient (Wildman–Crippen LogP) is 2.10. The molecule has 0 radical (unpaired) electrons. The Morgan fingerprint density at radius 2 is 2.26 bits per heavy atom. The summed E-state index contributed by atoms with van der Waals surface area (Å²) >= 11 is 3.43. The molecule has 1 unspecified atom stereocenters. The molecule has 1 saturated heterocycles. The molecule has 0 aliphatic carbocycles. The van der Waals surface area contributed by atoms with Gasteiger partial charge in [0.05, 0.1) is 0 Å². The van der Waals surface area contributed by atoms with Crippen molar-refractivity contribution >= 4 is 33.4 Å². The number of nitrogens with one attached hydrogen (secondary N) is 1. The lowest BCUT2D eigenvalue weighted by Gasteiger charge is -2.20. The summed E-state index contributed by atoms with van der Waals surface area (Å²) in [5.41, 5.74) is 2.31. The van der Waals surface area contributed by atoms with Crippen LogP contribution in [0.4, 0.5) is 5.69 Å². The normalized spacial score (nSPS) is 18.8. The molecular formula is C14H17BrN2O2. The van der Waals surface area contributed by atoms with Crippen molar-refractivity contribution in [2.75, 3.05) is 23.8 Å². The molecule has 1 aliphatic heterocycles. The van der Waals surface area contributed by atoms with Crippen LogP contribution in [0.3, 0.4) is 0 Å². The smallest absolute Gasteiger partial charge is 0.251 e. The van der Waals surface area contributed by atoms with E-state index >= 15 is 0 Å². The third-order valence-corrected chi connectivity index (χ3v) is 4.41. The van der Waals surface area contributed by atoms with Crippen molar-refractivity contribution in [2.24, 2.45) is 5.92 Å². The minimum Gasteiger partial charge on any atom is -0.355 e. The first-order valence-corrected chi connectivity index (χ1v) is 7.38. The first-order valence-electron chi connectivity index (χ1n) is 6.26. The van der Waals surface area contributed by atoms with Gasteiger partial charge in [-0.25, -0.2) is 0 Å². The third-order valence-electron chi connectivity index (χ3n) is 3.49. The lowest BCUT2D eigenvalue weighted by atomic mass is 10.1. The van der Waals surface area contributed by atoms with Crippen LogP contribution in [0.2, 0.25) is 0 Å². The Morgan fingerprint density at radius 1 is 1.53 bits per heavy atom. The van der Waals surface area contributed by atoms with Crippen LogP contribution in [-0.2, 0) is 4.79 Å². The third kappa shape index (κ3) is 2.66. The first kappa shape index (κ1) is 14.1. The maximum Gasteiger partial charge on any atom is 0.251 e. The van der Waals surface area contributed by atoms with Crippen molar-refractivity contribution in [2.45, 2.75) is 13.3 Å². The largest absolute Gasteiger partial charge is 0.355 e. The maximum absolute atomic E-state index is 12.1. The molecule has 4 nitrogen and oxygen atoms in total. The number of amides is 2. The van der Waals surface area contributed by atoms with Gasteiger partial charge in [-0.15, -0.1) is 0 Å². The molecule has 0 saturated carbocycles. The molecule has 2 amide bonds. The number of hydrogen-bond acceptors (Lipinski definition) is 2. The summed E-state index contributed by atoms with van der Waals surface area (Å²) in [5, 5.41) is 3.44. The topological polar surface area (TPSA) is 49.4 Å². The van der Waals surface area contributed by atoms with Crippen molar-refractivity contribution in [1.29, 1.82) is 0 Å². The number of carbonyl (C=O) groups is 2. The van der Waals surface area contributed by atoms with Crippen LogP contribution < -0.4 is 10.2 Å². The fourth-order valence-corrected chi connectivity index (χ4v) is 2.85. The Morgan fingerprint density at radius 3 is 2.84 bits per heavy atom. The van der Waals surface area contributed by atoms with E-state index in [0.29, 0.717) is 24.4 Å². The predicted molar refractivity (Wildman–Crippen MR) is 78.8 cm³/mol. The number of rotatable bonds is 3. The fraction of sp³-hybridized carbons (Fsp3) is 0.429. The van der Waals surface area contributed by atoms with Crippen molar-refractivity contribution < 1.29 is 9.59 Å². The molecule has 0 aromatic heterocycles. The molecule has 1 atom stereocenters. The molecule has 1 aromatic rings. The van der Waals surface area contributed by atoms with Crippen LogP contribution in [0.15, 0.2) is 18.2 Å². The Hall–Kier alpha value is -1.36. The highest BCUT2D eigenvalue weighted by Gasteiger charge is 2.31. The average Bonchev–Trinajstić information content (AvgIpc) is 2.79. The van der Waals surface area contributed by atoms with E-state index in [2.05, 4.69) is 21.2 Å². The minimum absolute atomic E-state index is 0.122. The zero-order chi connectivity index (χ0) is 14.0. The summed E-state index contributed by atoms with van der Waals surface area (Å²) in [4.78, 5) is 25.6. The molecule has 1 fully saturated rings. The summed E-state index contributed by atoms with van der Waals surface area (Å²) in [5.74, 6) is 0.347. The number of hydrogen-bond donors (Lipinski definition) is 1. The lowest BCUT2D eigenvalue weighted by Crippen LogP contribution is -2.27. The molecule has 0 bridgehead atoms. The standard InChI is InChI=1S/C14H17BrN2O2/c1-9-11(14(19)16-2)4-3-5-12(9)17-8-10(7-15)6-13(17)18/h3-5,10H,6-8H2,1-2H3,(H,16,19). The van der Waals surface area contributed by atoms with Gasteiger partial charge in [0.1, 0.15) is 0 Å². The molecule has 1 aromatic carbocycles. The monoisotopic (exact) mass is 324 g/mol. The van der Waals surface area contributed by atoms with Gasteiger partial charge in [-0.1, -0.05) is 22.0 Å². The van der Waals surface area contributed by atoms with E-state index in [9.17, 15) is 9.59 Å². The van der Waals surface area contributed by atoms with Crippen LogP contribution in [0.5, 0.6) is 0 Å². The quantitative estimate of drug-likeness (QED) is 0.866. The Labute approximate surface area is 121 Å². The highest BCUT2D eigenvalue weighted by Crippen LogP contribution is 2.30. The molecular weight excluding hydrogens is 308 g/mol. The molecule has 19 heavy (non-hydrogen) atoms. The van der Waals surface area contributed by atoms with E-state index in [1.165, 1.54) is 0 Å². The summed E-state index contributed by atoms with van der Waals surface area (Å²) < 4.78 is 0. The number of anilines is 1. The van der Waals surface area contributed by atoms with E-state index in [4.69, 9.17) is 0 Å². The van der Waals surface area contributed by atoms with Gasteiger partial charge in [0.25, 0.3) is 5.91 Å². The van der Waals surface area contributed by atoms with E-state index in [-0.39, 0.29) is 11.8 Å². The van der Waals surface area contributed by atoms with Gasteiger partial charge in [0.2, 0.25) is 5.91 Å². The summed E-state index contributed by atoms with van der Waals surface area (Å²) in [6.07, 6.45) is 0.564. The van der Waals surface area contributed by atoms with E-state index < -0.39 is 0 Å². The first-order chi connectivity index (χ1) is 9.08. The van der Waals surface area contributed by atoms with Crippen molar-refractivity contribution in [3.63, 3.8) is 0 Å². The van der Waals surface area contributed by atoms with E-state index in [0.717, 1.165) is 16.6 Å². The minimum atomic E-state index is -0.122. The Balaban J connectivity index is 2.36. The molecule has 1 heterocycles. The van der Waals surface area contributed by atoms with Gasteiger partial charge >= 0.3 is 0 Å². The number of halogens is 1. The van der Waals surface area contributed by atoms with Crippen LogP contribution in [0.1, 0.15) is 22.3 Å². The number of carbonyl (C=O) groups excluding carboxylic acids is 2. The zero-order valence-electron chi connectivity index (χ0n) is 11.1. The second-order valence-electron chi connectivity index (χ2n) is 4.76. The van der Waals surface area contributed by atoms with Crippen LogP contribution in [-0.4, -0.2) is 30.7 Å². The maximum atomic E-state index is 12.1. The SMILES string of the molecule is CNC(=O)c1cccc(N2CC(CBr)CC2=O)c1C. The van der Waals surface area contributed by atoms with Gasteiger partial charge in [0, 0.05) is 36.6 Å². The highest BCUT2D eigenvalue weighted by atomic mass is 79.9.